The van der Waals surface area contributed by atoms with Gasteiger partial charge in [0.05, 0.1) is 11.4 Å². The highest BCUT2D eigenvalue weighted by Gasteiger charge is 2.17. The van der Waals surface area contributed by atoms with Crippen molar-refractivity contribution in [3.63, 3.8) is 0 Å². The lowest BCUT2D eigenvalue weighted by Crippen LogP contribution is -2.10. The zero-order chi connectivity index (χ0) is 32.3. The van der Waals surface area contributed by atoms with Crippen molar-refractivity contribution in [2.75, 3.05) is 9.80 Å². The van der Waals surface area contributed by atoms with Gasteiger partial charge >= 0.3 is 0 Å². The minimum atomic E-state index is 1.02. The molecule has 0 N–H and O–H groups in total. The van der Waals surface area contributed by atoms with Crippen LogP contribution in [-0.2, 0) is 6.42 Å². The zero-order valence-electron chi connectivity index (χ0n) is 27.0. The predicted octanol–water partition coefficient (Wildman–Crippen LogP) is 13.2. The molecule has 8 aromatic rings. The van der Waals surface area contributed by atoms with Crippen LogP contribution >= 0.6 is 0 Å². The van der Waals surface area contributed by atoms with E-state index in [1.54, 1.807) is 0 Å². The summed E-state index contributed by atoms with van der Waals surface area (Å²) >= 11 is 0. The summed E-state index contributed by atoms with van der Waals surface area (Å²) in [6, 6.07) is 67.8. The zero-order valence-corrected chi connectivity index (χ0v) is 27.0. The Kier molecular flexibility index (Phi) is 7.90. The summed E-state index contributed by atoms with van der Waals surface area (Å²) in [6.07, 6.45) is 1.02. The molecular weight excluding hydrogens is 581 g/mol. The fourth-order valence-corrected chi connectivity index (χ4v) is 6.72. The monoisotopic (exact) mass is 616 g/mol. The van der Waals surface area contributed by atoms with Crippen LogP contribution in [0.15, 0.2) is 188 Å². The number of hydrogen-bond acceptors (Lipinski definition) is 2. The van der Waals surface area contributed by atoms with Crippen molar-refractivity contribution >= 4 is 55.7 Å². The third kappa shape index (κ3) is 5.59. The molecule has 0 aliphatic rings. The Bertz CT molecular complexity index is 2300. The van der Waals surface area contributed by atoms with E-state index in [1.807, 2.05) is 0 Å². The molecule has 0 aliphatic carbocycles. The molecule has 0 spiro atoms. The maximum absolute atomic E-state index is 2.37. The largest absolute Gasteiger partial charge is 0.310 e. The van der Waals surface area contributed by atoms with Gasteiger partial charge in [-0.1, -0.05) is 134 Å². The van der Waals surface area contributed by atoms with Crippen molar-refractivity contribution in [2.24, 2.45) is 0 Å². The first kappa shape index (κ1) is 29.3. The van der Waals surface area contributed by atoms with Crippen LogP contribution in [0.4, 0.5) is 34.1 Å². The van der Waals surface area contributed by atoms with Crippen LogP contribution in [0.1, 0.15) is 12.5 Å². The van der Waals surface area contributed by atoms with Gasteiger partial charge in [-0.25, -0.2) is 0 Å². The van der Waals surface area contributed by atoms with Crippen LogP contribution in [0.2, 0.25) is 0 Å². The van der Waals surface area contributed by atoms with Crippen LogP contribution in [0, 0.1) is 0 Å². The quantitative estimate of drug-likeness (QED) is 0.168. The highest BCUT2D eigenvalue weighted by molar-refractivity contribution is 6.00. The van der Waals surface area contributed by atoms with E-state index in [2.05, 4.69) is 205 Å². The highest BCUT2D eigenvalue weighted by Crippen LogP contribution is 2.41. The van der Waals surface area contributed by atoms with Crippen molar-refractivity contribution in [3.8, 4) is 11.1 Å². The van der Waals surface area contributed by atoms with E-state index >= 15 is 0 Å². The van der Waals surface area contributed by atoms with Crippen molar-refractivity contribution in [3.05, 3.63) is 194 Å². The summed E-state index contributed by atoms with van der Waals surface area (Å²) in [7, 11) is 0. The third-order valence-corrected chi connectivity index (χ3v) is 9.22. The standard InChI is InChI=1S/C46H36N2/c1-2-34-22-28-40(29-23-34)48(46-21-11-15-38-13-7-9-19-44(38)46)42-32-26-36(27-33-42)35-24-30-41(31-25-35)47(39-16-4-3-5-17-39)45-20-10-14-37-12-6-8-18-43(37)45/h3-33H,2H2,1H3. The van der Waals surface area contributed by atoms with Crippen molar-refractivity contribution < 1.29 is 0 Å². The van der Waals surface area contributed by atoms with E-state index in [-0.39, 0.29) is 0 Å². The van der Waals surface area contributed by atoms with Gasteiger partial charge in [0.15, 0.2) is 0 Å². The van der Waals surface area contributed by atoms with E-state index in [9.17, 15) is 0 Å². The van der Waals surface area contributed by atoms with E-state index in [4.69, 9.17) is 0 Å². The first-order chi connectivity index (χ1) is 23.8. The number of para-hydroxylation sites is 1. The third-order valence-electron chi connectivity index (χ3n) is 9.22. The molecule has 48 heavy (non-hydrogen) atoms. The Morgan fingerprint density at radius 2 is 0.708 bits per heavy atom. The number of aryl methyl sites for hydroxylation is 1. The summed E-state index contributed by atoms with van der Waals surface area (Å²) in [5.41, 5.74) is 10.6. The molecule has 0 radical (unpaired) electrons. The predicted molar refractivity (Wildman–Crippen MR) is 206 cm³/mol. The SMILES string of the molecule is CCc1ccc(N(c2ccc(-c3ccc(N(c4ccccc4)c4cccc5ccccc45)cc3)cc2)c2cccc3ccccc23)cc1. The Labute approximate surface area is 282 Å². The fraction of sp³-hybridized carbons (Fsp3) is 0.0435. The molecule has 0 aliphatic heterocycles. The molecular formula is C46H36N2. The van der Waals surface area contributed by atoms with Crippen LogP contribution in [-0.4, -0.2) is 0 Å². The average Bonchev–Trinajstić information content (AvgIpc) is 3.16. The minimum Gasteiger partial charge on any atom is -0.310 e. The van der Waals surface area contributed by atoms with Crippen LogP contribution in [0.25, 0.3) is 32.7 Å². The van der Waals surface area contributed by atoms with Crippen LogP contribution in [0.5, 0.6) is 0 Å². The molecule has 8 aromatic carbocycles. The number of rotatable bonds is 8. The first-order valence-electron chi connectivity index (χ1n) is 16.7. The van der Waals surface area contributed by atoms with Crippen molar-refractivity contribution in [1.29, 1.82) is 0 Å². The van der Waals surface area contributed by atoms with Crippen LogP contribution < -0.4 is 9.80 Å². The molecule has 0 aromatic heterocycles. The van der Waals surface area contributed by atoms with Gasteiger partial charge in [-0.05, 0) is 94.5 Å². The molecule has 230 valence electrons. The topological polar surface area (TPSA) is 6.48 Å². The molecule has 0 amide bonds. The van der Waals surface area contributed by atoms with E-state index in [0.29, 0.717) is 0 Å². The summed E-state index contributed by atoms with van der Waals surface area (Å²) in [6.45, 7) is 2.20. The second-order valence-corrected chi connectivity index (χ2v) is 12.1. The number of hydrogen-bond donors (Lipinski definition) is 0. The van der Waals surface area contributed by atoms with Crippen molar-refractivity contribution in [2.45, 2.75) is 13.3 Å². The smallest absolute Gasteiger partial charge is 0.0540 e. The van der Waals surface area contributed by atoms with Gasteiger partial charge in [0.25, 0.3) is 0 Å². The molecule has 2 heteroatoms. The number of benzene rings is 8. The molecule has 0 saturated carbocycles. The van der Waals surface area contributed by atoms with Gasteiger partial charge in [0.2, 0.25) is 0 Å². The summed E-state index contributed by atoms with van der Waals surface area (Å²) < 4.78 is 0. The molecule has 0 atom stereocenters. The van der Waals surface area contributed by atoms with Crippen LogP contribution in [0.3, 0.4) is 0 Å². The van der Waals surface area contributed by atoms with Gasteiger partial charge in [-0.15, -0.1) is 0 Å². The molecule has 0 heterocycles. The van der Waals surface area contributed by atoms with E-state index < -0.39 is 0 Å². The van der Waals surface area contributed by atoms with Gasteiger partial charge in [-0.3, -0.25) is 0 Å². The lowest BCUT2D eigenvalue weighted by atomic mass is 10.0. The van der Waals surface area contributed by atoms with Gasteiger partial charge in [0, 0.05) is 33.5 Å². The second-order valence-electron chi connectivity index (χ2n) is 12.1. The molecule has 2 nitrogen and oxygen atoms in total. The Hall–Kier alpha value is -6.12. The van der Waals surface area contributed by atoms with Gasteiger partial charge < -0.3 is 9.80 Å². The summed E-state index contributed by atoms with van der Waals surface area (Å²) in [5, 5.41) is 4.92. The molecule has 8 rings (SSSR count). The molecule has 0 fully saturated rings. The van der Waals surface area contributed by atoms with Gasteiger partial charge in [-0.2, -0.15) is 0 Å². The van der Waals surface area contributed by atoms with E-state index in [0.717, 1.165) is 34.9 Å². The lowest BCUT2D eigenvalue weighted by molar-refractivity contribution is 1.14. The molecule has 0 bridgehead atoms. The maximum atomic E-state index is 2.37. The summed E-state index contributed by atoms with van der Waals surface area (Å²) in [4.78, 5) is 4.72. The second kappa shape index (κ2) is 12.9. The Balaban J connectivity index is 1.16. The normalized spacial score (nSPS) is 11.1. The summed E-state index contributed by atoms with van der Waals surface area (Å²) in [5.74, 6) is 0. The average molecular weight is 617 g/mol. The lowest BCUT2D eigenvalue weighted by Gasteiger charge is -2.27. The molecule has 0 saturated heterocycles. The van der Waals surface area contributed by atoms with E-state index in [1.165, 1.54) is 43.9 Å². The number of anilines is 6. The molecule has 0 unspecified atom stereocenters. The highest BCUT2D eigenvalue weighted by atomic mass is 15.1. The van der Waals surface area contributed by atoms with Crippen molar-refractivity contribution in [1.82, 2.24) is 0 Å². The first-order valence-corrected chi connectivity index (χ1v) is 16.7. The minimum absolute atomic E-state index is 1.02. The Morgan fingerprint density at radius 3 is 1.17 bits per heavy atom. The number of nitrogens with zero attached hydrogens (tertiary/aromatic N) is 2. The maximum Gasteiger partial charge on any atom is 0.0540 e. The Morgan fingerprint density at radius 1 is 0.333 bits per heavy atom. The fourth-order valence-electron chi connectivity index (χ4n) is 6.72. The number of fused-ring (bicyclic) bond motifs is 2. The van der Waals surface area contributed by atoms with Gasteiger partial charge in [0.1, 0.15) is 0 Å².